The summed E-state index contributed by atoms with van der Waals surface area (Å²) < 4.78 is 0.852. The summed E-state index contributed by atoms with van der Waals surface area (Å²) in [6, 6.07) is 13.1. The Kier molecular flexibility index (Phi) is 5.13. The van der Waals surface area contributed by atoms with Gasteiger partial charge in [-0.3, -0.25) is 0 Å². The molecule has 96 valence electrons. The van der Waals surface area contributed by atoms with Crippen molar-refractivity contribution in [1.82, 2.24) is 5.32 Å². The molecule has 0 spiro atoms. The molecule has 0 aliphatic heterocycles. The normalized spacial score (nSPS) is 12.6. The average Bonchev–Trinajstić information content (AvgIpc) is 2.79. The maximum absolute atomic E-state index is 5.98. The van der Waals surface area contributed by atoms with Crippen molar-refractivity contribution in [1.29, 1.82) is 0 Å². The number of benzene rings is 1. The minimum absolute atomic E-state index is 0.355. The highest BCUT2D eigenvalue weighted by Gasteiger charge is 2.12. The number of rotatable bonds is 5. The molecular formula is C14H16ClNS2. The van der Waals surface area contributed by atoms with Gasteiger partial charge in [-0.15, -0.1) is 23.1 Å². The molecule has 0 saturated carbocycles. The van der Waals surface area contributed by atoms with E-state index in [4.69, 9.17) is 11.6 Å². The molecule has 0 radical (unpaired) electrons. The summed E-state index contributed by atoms with van der Waals surface area (Å²) in [5.74, 6) is 1.01. The van der Waals surface area contributed by atoms with E-state index in [0.717, 1.165) is 10.1 Å². The van der Waals surface area contributed by atoms with Crippen LogP contribution in [0.1, 0.15) is 16.5 Å². The molecule has 0 bridgehead atoms. The van der Waals surface area contributed by atoms with Crippen LogP contribution in [0, 0.1) is 6.92 Å². The lowest BCUT2D eigenvalue weighted by molar-refractivity contribution is 0.673. The molecule has 18 heavy (non-hydrogen) atoms. The van der Waals surface area contributed by atoms with Crippen LogP contribution in [0.25, 0.3) is 0 Å². The van der Waals surface area contributed by atoms with E-state index in [0.29, 0.717) is 6.04 Å². The fraction of sp³-hybridized carbons (Fsp3) is 0.286. The van der Waals surface area contributed by atoms with Crippen molar-refractivity contribution in [3.8, 4) is 0 Å². The van der Waals surface area contributed by atoms with Crippen molar-refractivity contribution in [2.45, 2.75) is 17.9 Å². The smallest absolute Gasteiger partial charge is 0.0931 e. The van der Waals surface area contributed by atoms with Gasteiger partial charge in [0.05, 0.1) is 10.4 Å². The fourth-order valence-corrected chi connectivity index (χ4v) is 3.95. The molecule has 1 heterocycles. The van der Waals surface area contributed by atoms with E-state index >= 15 is 0 Å². The standard InChI is InChI=1S/C14H16ClNS2/c1-10-3-5-11(6-4-10)17-9-12(16-2)13-7-8-14(15)18-13/h3-8,12,16H,9H2,1-2H3. The molecule has 1 unspecified atom stereocenters. The Morgan fingerprint density at radius 2 is 1.94 bits per heavy atom. The van der Waals surface area contributed by atoms with Gasteiger partial charge in [0.25, 0.3) is 0 Å². The van der Waals surface area contributed by atoms with E-state index in [1.165, 1.54) is 15.3 Å². The summed E-state index contributed by atoms with van der Waals surface area (Å²) in [6.45, 7) is 2.11. The number of nitrogens with one attached hydrogen (secondary N) is 1. The number of halogens is 1. The summed E-state index contributed by atoms with van der Waals surface area (Å²) in [7, 11) is 1.99. The number of thiophene rings is 1. The minimum atomic E-state index is 0.355. The molecule has 0 saturated heterocycles. The van der Waals surface area contributed by atoms with E-state index in [1.807, 2.05) is 24.9 Å². The molecule has 1 aromatic heterocycles. The highest BCUT2D eigenvalue weighted by atomic mass is 35.5. The first-order valence-electron chi connectivity index (χ1n) is 5.81. The van der Waals surface area contributed by atoms with Crippen molar-refractivity contribution in [3.63, 3.8) is 0 Å². The third-order valence-electron chi connectivity index (χ3n) is 2.72. The van der Waals surface area contributed by atoms with Crippen LogP contribution >= 0.6 is 34.7 Å². The van der Waals surface area contributed by atoms with Gasteiger partial charge in [0.1, 0.15) is 0 Å². The third-order valence-corrected chi connectivity index (χ3v) is 5.17. The van der Waals surface area contributed by atoms with Crippen LogP contribution in [0.5, 0.6) is 0 Å². The monoisotopic (exact) mass is 297 g/mol. The quantitative estimate of drug-likeness (QED) is 0.798. The second-order valence-corrected chi connectivity index (χ2v) is 6.95. The Labute approximate surface area is 122 Å². The zero-order valence-corrected chi connectivity index (χ0v) is 12.8. The van der Waals surface area contributed by atoms with Crippen LogP contribution in [-0.4, -0.2) is 12.8 Å². The van der Waals surface area contributed by atoms with E-state index in [-0.39, 0.29) is 0 Å². The molecule has 0 fully saturated rings. The summed E-state index contributed by atoms with van der Waals surface area (Å²) in [6.07, 6.45) is 0. The Bertz CT molecular complexity index is 493. The minimum Gasteiger partial charge on any atom is -0.312 e. The zero-order valence-electron chi connectivity index (χ0n) is 10.4. The van der Waals surface area contributed by atoms with Crippen molar-refractivity contribution < 1.29 is 0 Å². The summed E-state index contributed by atoms with van der Waals surface area (Å²) in [5, 5.41) is 3.34. The molecule has 1 aromatic carbocycles. The van der Waals surface area contributed by atoms with Crippen molar-refractivity contribution >= 4 is 34.7 Å². The van der Waals surface area contributed by atoms with E-state index in [2.05, 4.69) is 42.6 Å². The van der Waals surface area contributed by atoms with Crippen molar-refractivity contribution in [2.75, 3.05) is 12.8 Å². The van der Waals surface area contributed by atoms with Crippen molar-refractivity contribution in [2.24, 2.45) is 0 Å². The fourth-order valence-electron chi connectivity index (χ4n) is 1.64. The van der Waals surface area contributed by atoms with Crippen LogP contribution in [0.2, 0.25) is 4.34 Å². The van der Waals surface area contributed by atoms with Gasteiger partial charge < -0.3 is 5.32 Å². The van der Waals surface area contributed by atoms with Gasteiger partial charge in [-0.1, -0.05) is 29.3 Å². The van der Waals surface area contributed by atoms with Crippen molar-refractivity contribution in [3.05, 3.63) is 51.2 Å². The first kappa shape index (κ1) is 13.9. The highest BCUT2D eigenvalue weighted by Crippen LogP contribution is 2.30. The van der Waals surface area contributed by atoms with Crippen LogP contribution < -0.4 is 5.32 Å². The number of hydrogen-bond donors (Lipinski definition) is 1. The first-order chi connectivity index (χ1) is 8.69. The number of aryl methyl sites for hydroxylation is 1. The third kappa shape index (κ3) is 3.75. The highest BCUT2D eigenvalue weighted by molar-refractivity contribution is 7.99. The lowest BCUT2D eigenvalue weighted by Gasteiger charge is -2.14. The van der Waals surface area contributed by atoms with Crippen LogP contribution in [0.15, 0.2) is 41.3 Å². The zero-order chi connectivity index (χ0) is 13.0. The lowest BCUT2D eigenvalue weighted by Crippen LogP contribution is -2.17. The SMILES string of the molecule is CNC(CSc1ccc(C)cc1)c1ccc(Cl)s1. The summed E-state index contributed by atoms with van der Waals surface area (Å²) in [5.41, 5.74) is 1.30. The predicted molar refractivity (Wildman–Crippen MR) is 83.0 cm³/mol. The van der Waals surface area contributed by atoms with E-state index in [1.54, 1.807) is 11.3 Å². The summed E-state index contributed by atoms with van der Waals surface area (Å²) in [4.78, 5) is 2.60. The lowest BCUT2D eigenvalue weighted by atomic mass is 10.2. The molecule has 2 aromatic rings. The Hall–Kier alpha value is -0.480. The molecule has 1 nitrogen and oxygen atoms in total. The Balaban J connectivity index is 1.97. The van der Waals surface area contributed by atoms with Gasteiger partial charge in [0.15, 0.2) is 0 Å². The molecule has 2 rings (SSSR count). The summed E-state index contributed by atoms with van der Waals surface area (Å²) >= 11 is 9.49. The Morgan fingerprint density at radius 1 is 1.22 bits per heavy atom. The van der Waals surface area contributed by atoms with Crippen LogP contribution in [0.3, 0.4) is 0 Å². The molecule has 0 aliphatic rings. The maximum Gasteiger partial charge on any atom is 0.0931 e. The van der Waals surface area contributed by atoms with E-state index < -0.39 is 0 Å². The molecule has 1 N–H and O–H groups in total. The van der Waals surface area contributed by atoms with E-state index in [9.17, 15) is 0 Å². The molecule has 4 heteroatoms. The first-order valence-corrected chi connectivity index (χ1v) is 7.99. The Morgan fingerprint density at radius 3 is 2.50 bits per heavy atom. The molecule has 1 atom stereocenters. The van der Waals surface area contributed by atoms with Crippen LogP contribution in [-0.2, 0) is 0 Å². The second kappa shape index (κ2) is 6.62. The predicted octanol–water partition coefficient (Wildman–Crippen LogP) is 4.76. The maximum atomic E-state index is 5.98. The number of hydrogen-bond acceptors (Lipinski definition) is 3. The van der Waals surface area contributed by atoms with Gasteiger partial charge in [0, 0.05) is 15.5 Å². The number of thioether (sulfide) groups is 1. The topological polar surface area (TPSA) is 12.0 Å². The molecular weight excluding hydrogens is 282 g/mol. The molecule has 0 aliphatic carbocycles. The second-order valence-electron chi connectivity index (χ2n) is 4.11. The van der Waals surface area contributed by atoms with Gasteiger partial charge >= 0.3 is 0 Å². The van der Waals surface area contributed by atoms with Gasteiger partial charge in [0.2, 0.25) is 0 Å². The van der Waals surface area contributed by atoms with Gasteiger partial charge in [-0.2, -0.15) is 0 Å². The largest absolute Gasteiger partial charge is 0.312 e. The van der Waals surface area contributed by atoms with Crippen LogP contribution in [0.4, 0.5) is 0 Å². The molecule has 0 amide bonds. The average molecular weight is 298 g/mol. The van der Waals surface area contributed by atoms with Gasteiger partial charge in [-0.05, 0) is 38.2 Å². The van der Waals surface area contributed by atoms with Gasteiger partial charge in [-0.25, -0.2) is 0 Å².